The summed E-state index contributed by atoms with van der Waals surface area (Å²) >= 11 is 0. The summed E-state index contributed by atoms with van der Waals surface area (Å²) in [5, 5.41) is 14.9. The van der Waals surface area contributed by atoms with E-state index >= 15 is 0 Å². The molecule has 0 radical (unpaired) electrons. The largest absolute Gasteiger partial charge is 0.388 e. The number of nitrogens with zero attached hydrogens (tertiary/aromatic N) is 2. The van der Waals surface area contributed by atoms with Crippen molar-refractivity contribution in [3.63, 3.8) is 0 Å². The molecular formula is C18H28N2O. The highest BCUT2D eigenvalue weighted by molar-refractivity contribution is 5.14. The van der Waals surface area contributed by atoms with Crippen LogP contribution in [0.2, 0.25) is 0 Å². The van der Waals surface area contributed by atoms with Crippen LogP contribution in [-0.2, 0) is 7.05 Å². The second kappa shape index (κ2) is 4.13. The Balaban J connectivity index is 1.59. The van der Waals surface area contributed by atoms with E-state index in [1.54, 1.807) is 4.68 Å². The fourth-order valence-corrected chi connectivity index (χ4v) is 7.05. The first kappa shape index (κ1) is 13.8. The summed E-state index contributed by atoms with van der Waals surface area (Å²) in [6, 6.07) is 0. The predicted octanol–water partition coefficient (Wildman–Crippen LogP) is 3.84. The standard InChI is InChI=1S/C18H28N2O/c1-16-4-13-5-17(2,10-16)12-18(6-13,11-16)7-15(21)14-8-19-20(3)9-14/h8-9,13,15,21H,4-7,10-12H2,1-3H3. The van der Waals surface area contributed by atoms with Crippen molar-refractivity contribution < 1.29 is 5.11 Å². The number of aliphatic hydroxyl groups excluding tert-OH is 1. The molecule has 4 aliphatic rings. The minimum atomic E-state index is -0.345. The van der Waals surface area contributed by atoms with Crippen LogP contribution < -0.4 is 0 Å². The van der Waals surface area contributed by atoms with Crippen LogP contribution in [0.4, 0.5) is 0 Å². The van der Waals surface area contributed by atoms with Gasteiger partial charge in [0.25, 0.3) is 0 Å². The van der Waals surface area contributed by atoms with Crippen LogP contribution >= 0.6 is 0 Å². The Bertz CT molecular complexity index is 545. The zero-order valence-corrected chi connectivity index (χ0v) is 13.6. The summed E-state index contributed by atoms with van der Waals surface area (Å²) in [7, 11) is 1.92. The van der Waals surface area contributed by atoms with E-state index < -0.39 is 0 Å². The Kier molecular flexibility index (Phi) is 2.71. The molecule has 5 rings (SSSR count). The van der Waals surface area contributed by atoms with E-state index in [1.165, 1.54) is 38.5 Å². The highest BCUT2D eigenvalue weighted by atomic mass is 16.3. The summed E-state index contributed by atoms with van der Waals surface area (Å²) in [5.74, 6) is 0.900. The zero-order chi connectivity index (χ0) is 14.9. The van der Waals surface area contributed by atoms with E-state index in [1.807, 2.05) is 19.4 Å². The van der Waals surface area contributed by atoms with Crippen molar-refractivity contribution >= 4 is 0 Å². The molecule has 4 saturated carbocycles. The quantitative estimate of drug-likeness (QED) is 0.917. The van der Waals surface area contributed by atoms with E-state index in [0.29, 0.717) is 16.2 Å². The van der Waals surface area contributed by atoms with Gasteiger partial charge in [-0.15, -0.1) is 0 Å². The molecule has 0 aliphatic heterocycles. The summed E-state index contributed by atoms with van der Waals surface area (Å²) in [6.07, 6.45) is 12.6. The number of hydrogen-bond acceptors (Lipinski definition) is 2. The molecule has 4 aliphatic carbocycles. The zero-order valence-electron chi connectivity index (χ0n) is 13.6. The molecule has 21 heavy (non-hydrogen) atoms. The Morgan fingerprint density at radius 2 is 1.90 bits per heavy atom. The number of aliphatic hydroxyl groups is 1. The molecule has 0 spiro atoms. The molecule has 116 valence electrons. The number of hydrogen-bond donors (Lipinski definition) is 1. The molecule has 0 saturated heterocycles. The second-order valence-corrected chi connectivity index (χ2v) is 9.30. The van der Waals surface area contributed by atoms with Gasteiger partial charge in [0, 0.05) is 18.8 Å². The fraction of sp³-hybridized carbons (Fsp3) is 0.833. The van der Waals surface area contributed by atoms with Gasteiger partial charge in [-0.3, -0.25) is 4.68 Å². The predicted molar refractivity (Wildman–Crippen MR) is 82.6 cm³/mol. The van der Waals surface area contributed by atoms with Crippen LogP contribution in [0.25, 0.3) is 0 Å². The second-order valence-electron chi connectivity index (χ2n) is 9.30. The summed E-state index contributed by atoms with van der Waals surface area (Å²) in [4.78, 5) is 0. The minimum absolute atomic E-state index is 0.345. The van der Waals surface area contributed by atoms with Gasteiger partial charge in [0.05, 0.1) is 12.3 Å². The van der Waals surface area contributed by atoms with E-state index in [4.69, 9.17) is 0 Å². The molecule has 1 aromatic heterocycles. The van der Waals surface area contributed by atoms with Crippen molar-refractivity contribution in [2.24, 2.45) is 29.2 Å². The van der Waals surface area contributed by atoms with E-state index in [2.05, 4.69) is 18.9 Å². The first-order valence-corrected chi connectivity index (χ1v) is 8.46. The van der Waals surface area contributed by atoms with Crippen LogP contribution in [0.5, 0.6) is 0 Å². The van der Waals surface area contributed by atoms with E-state index in [9.17, 15) is 5.11 Å². The maximum atomic E-state index is 10.7. The summed E-state index contributed by atoms with van der Waals surface area (Å²) in [6.45, 7) is 5.00. The molecule has 3 atom stereocenters. The van der Waals surface area contributed by atoms with Gasteiger partial charge >= 0.3 is 0 Å². The Morgan fingerprint density at radius 1 is 1.24 bits per heavy atom. The summed E-state index contributed by atoms with van der Waals surface area (Å²) in [5.41, 5.74) is 2.42. The smallest absolute Gasteiger partial charge is 0.0825 e. The lowest BCUT2D eigenvalue weighted by atomic mass is 9.39. The molecule has 0 amide bonds. The molecule has 1 aromatic rings. The van der Waals surface area contributed by atoms with Gasteiger partial charge in [-0.25, -0.2) is 0 Å². The van der Waals surface area contributed by atoms with Crippen LogP contribution in [-0.4, -0.2) is 14.9 Å². The van der Waals surface area contributed by atoms with Gasteiger partial charge in [-0.1, -0.05) is 13.8 Å². The topological polar surface area (TPSA) is 38.0 Å². The van der Waals surface area contributed by atoms with Gasteiger partial charge in [0.2, 0.25) is 0 Å². The molecule has 3 nitrogen and oxygen atoms in total. The van der Waals surface area contributed by atoms with Crippen molar-refractivity contribution in [3.8, 4) is 0 Å². The molecule has 0 aromatic carbocycles. The van der Waals surface area contributed by atoms with Gasteiger partial charge in [0.1, 0.15) is 0 Å². The average molecular weight is 288 g/mol. The monoisotopic (exact) mass is 288 g/mol. The van der Waals surface area contributed by atoms with Gasteiger partial charge < -0.3 is 5.11 Å². The molecule has 3 unspecified atom stereocenters. The highest BCUT2D eigenvalue weighted by Gasteiger charge is 2.60. The maximum Gasteiger partial charge on any atom is 0.0825 e. The lowest BCUT2D eigenvalue weighted by Gasteiger charge is -2.66. The third-order valence-corrected chi connectivity index (χ3v) is 6.48. The fourth-order valence-electron chi connectivity index (χ4n) is 7.05. The minimum Gasteiger partial charge on any atom is -0.388 e. The highest BCUT2D eigenvalue weighted by Crippen LogP contribution is 2.71. The van der Waals surface area contributed by atoms with Crippen molar-refractivity contribution in [2.45, 2.75) is 64.9 Å². The van der Waals surface area contributed by atoms with Gasteiger partial charge in [-0.2, -0.15) is 5.10 Å². The first-order chi connectivity index (χ1) is 9.79. The lowest BCUT2D eigenvalue weighted by Crippen LogP contribution is -2.55. The number of rotatable bonds is 3. The summed E-state index contributed by atoms with van der Waals surface area (Å²) < 4.78 is 1.79. The first-order valence-electron chi connectivity index (χ1n) is 8.46. The number of aromatic nitrogens is 2. The molecule has 3 heteroatoms. The van der Waals surface area contributed by atoms with Crippen molar-refractivity contribution in [1.82, 2.24) is 9.78 Å². The third-order valence-electron chi connectivity index (χ3n) is 6.48. The Morgan fingerprint density at radius 3 is 2.43 bits per heavy atom. The molecule has 1 N–H and O–H groups in total. The molecule has 4 fully saturated rings. The van der Waals surface area contributed by atoms with Crippen molar-refractivity contribution in [3.05, 3.63) is 18.0 Å². The van der Waals surface area contributed by atoms with Crippen molar-refractivity contribution in [1.29, 1.82) is 0 Å². The molecular weight excluding hydrogens is 260 g/mol. The Labute approximate surface area is 127 Å². The van der Waals surface area contributed by atoms with Crippen LogP contribution in [0.15, 0.2) is 12.4 Å². The third kappa shape index (κ3) is 2.25. The van der Waals surface area contributed by atoms with Crippen LogP contribution in [0, 0.1) is 22.2 Å². The van der Waals surface area contributed by atoms with Gasteiger partial charge in [-0.05, 0) is 67.1 Å². The maximum absolute atomic E-state index is 10.7. The van der Waals surface area contributed by atoms with Crippen molar-refractivity contribution in [2.75, 3.05) is 0 Å². The molecule has 4 bridgehead atoms. The van der Waals surface area contributed by atoms with Crippen LogP contribution in [0.3, 0.4) is 0 Å². The number of aryl methyl sites for hydroxylation is 1. The van der Waals surface area contributed by atoms with Crippen LogP contribution in [0.1, 0.15) is 70.5 Å². The van der Waals surface area contributed by atoms with E-state index in [-0.39, 0.29) is 6.10 Å². The normalized spacial score (nSPS) is 46.0. The SMILES string of the molecule is Cn1cc(C(O)CC23CC4CC(C)(CC(C)(C4)C2)C3)cn1. The lowest BCUT2D eigenvalue weighted by molar-refractivity contribution is -0.157. The van der Waals surface area contributed by atoms with E-state index in [0.717, 1.165) is 17.9 Å². The van der Waals surface area contributed by atoms with Gasteiger partial charge in [0.15, 0.2) is 0 Å². The average Bonchev–Trinajstić information content (AvgIpc) is 2.70. The Hall–Kier alpha value is -0.830. The molecule has 1 heterocycles.